The normalized spacial score (nSPS) is 9.78. The lowest BCUT2D eigenvalue weighted by molar-refractivity contribution is 0.275. The molecule has 0 aliphatic heterocycles. The Hall–Kier alpha value is -2.22. The molecular formula is C16H16O2. The highest BCUT2D eigenvalue weighted by atomic mass is 16.5. The minimum Gasteiger partial charge on any atom is -0.486 e. The van der Waals surface area contributed by atoms with Gasteiger partial charge in [0.05, 0.1) is 0 Å². The molecule has 0 amide bonds. The van der Waals surface area contributed by atoms with Crippen LogP contribution in [0.15, 0.2) is 67.3 Å². The van der Waals surface area contributed by atoms with Gasteiger partial charge in [-0.05, 0) is 17.7 Å². The van der Waals surface area contributed by atoms with Crippen LogP contribution in [-0.4, -0.2) is 6.61 Å². The van der Waals surface area contributed by atoms with E-state index in [-0.39, 0.29) is 0 Å². The molecule has 0 N–H and O–H groups in total. The summed E-state index contributed by atoms with van der Waals surface area (Å²) in [5.41, 5.74) is 1.14. The van der Waals surface area contributed by atoms with E-state index < -0.39 is 0 Å². The van der Waals surface area contributed by atoms with Crippen molar-refractivity contribution in [2.45, 2.75) is 6.61 Å². The van der Waals surface area contributed by atoms with Crippen molar-refractivity contribution in [2.24, 2.45) is 0 Å². The average Bonchev–Trinajstić information content (AvgIpc) is 2.45. The van der Waals surface area contributed by atoms with Crippen LogP contribution in [0.1, 0.15) is 5.56 Å². The van der Waals surface area contributed by atoms with Gasteiger partial charge < -0.3 is 9.47 Å². The summed E-state index contributed by atoms with van der Waals surface area (Å²) in [7, 11) is 0. The molecule has 0 aromatic heterocycles. The highest BCUT2D eigenvalue weighted by molar-refractivity contribution is 5.39. The van der Waals surface area contributed by atoms with Crippen LogP contribution in [0.4, 0.5) is 0 Å². The van der Waals surface area contributed by atoms with Gasteiger partial charge in [0, 0.05) is 0 Å². The van der Waals surface area contributed by atoms with E-state index in [1.807, 2.05) is 54.6 Å². The van der Waals surface area contributed by atoms with Gasteiger partial charge in [-0.2, -0.15) is 0 Å². The molecule has 2 aromatic rings. The molecular weight excluding hydrogens is 224 g/mol. The monoisotopic (exact) mass is 240 g/mol. The summed E-state index contributed by atoms with van der Waals surface area (Å²) in [5.74, 6) is 1.50. The van der Waals surface area contributed by atoms with Crippen LogP contribution in [-0.2, 0) is 6.61 Å². The fourth-order valence-electron chi connectivity index (χ4n) is 1.57. The number of hydrogen-bond donors (Lipinski definition) is 0. The number of benzene rings is 2. The summed E-state index contributed by atoms with van der Waals surface area (Å²) in [5, 5.41) is 0. The maximum Gasteiger partial charge on any atom is 0.161 e. The van der Waals surface area contributed by atoms with Crippen molar-refractivity contribution in [2.75, 3.05) is 6.61 Å². The summed E-state index contributed by atoms with van der Waals surface area (Å²) in [4.78, 5) is 0. The minimum atomic E-state index is 0.478. The number of para-hydroxylation sites is 2. The van der Waals surface area contributed by atoms with Gasteiger partial charge in [0.25, 0.3) is 0 Å². The predicted molar refractivity (Wildman–Crippen MR) is 72.9 cm³/mol. The van der Waals surface area contributed by atoms with Crippen LogP contribution in [0.5, 0.6) is 11.5 Å². The van der Waals surface area contributed by atoms with Gasteiger partial charge in [0.1, 0.15) is 13.2 Å². The highest BCUT2D eigenvalue weighted by Gasteiger charge is 2.03. The van der Waals surface area contributed by atoms with Crippen LogP contribution in [0.2, 0.25) is 0 Å². The quantitative estimate of drug-likeness (QED) is 0.714. The Kier molecular flexibility index (Phi) is 4.42. The van der Waals surface area contributed by atoms with Crippen LogP contribution >= 0.6 is 0 Å². The van der Waals surface area contributed by atoms with Gasteiger partial charge in [-0.15, -0.1) is 0 Å². The Morgan fingerprint density at radius 3 is 2.11 bits per heavy atom. The second kappa shape index (κ2) is 6.50. The molecule has 0 aliphatic carbocycles. The van der Waals surface area contributed by atoms with Crippen LogP contribution < -0.4 is 9.47 Å². The predicted octanol–water partition coefficient (Wildman–Crippen LogP) is 3.83. The zero-order chi connectivity index (χ0) is 12.6. The molecule has 0 bridgehead atoms. The average molecular weight is 240 g/mol. The molecule has 2 aromatic carbocycles. The van der Waals surface area contributed by atoms with Gasteiger partial charge >= 0.3 is 0 Å². The first-order valence-electron chi connectivity index (χ1n) is 5.89. The minimum absolute atomic E-state index is 0.478. The smallest absolute Gasteiger partial charge is 0.161 e. The summed E-state index contributed by atoms with van der Waals surface area (Å²) >= 11 is 0. The maximum atomic E-state index is 5.76. The van der Waals surface area contributed by atoms with Crippen molar-refractivity contribution in [3.63, 3.8) is 0 Å². The Balaban J connectivity index is 2.02. The molecule has 0 unspecified atom stereocenters. The third kappa shape index (κ3) is 3.39. The summed E-state index contributed by atoms with van der Waals surface area (Å²) < 4.78 is 11.3. The lowest BCUT2D eigenvalue weighted by Crippen LogP contribution is -1.99. The number of rotatable bonds is 6. The molecule has 0 fully saturated rings. The lowest BCUT2D eigenvalue weighted by Gasteiger charge is -2.11. The lowest BCUT2D eigenvalue weighted by atomic mass is 10.2. The van der Waals surface area contributed by atoms with Crippen LogP contribution in [0, 0.1) is 0 Å². The molecule has 2 nitrogen and oxygen atoms in total. The third-order valence-corrected chi connectivity index (χ3v) is 2.44. The van der Waals surface area contributed by atoms with Crippen molar-refractivity contribution in [1.82, 2.24) is 0 Å². The van der Waals surface area contributed by atoms with Crippen LogP contribution in [0.25, 0.3) is 0 Å². The molecule has 92 valence electrons. The first-order valence-corrected chi connectivity index (χ1v) is 5.89. The molecule has 2 heteroatoms. The summed E-state index contributed by atoms with van der Waals surface area (Å²) in [6, 6.07) is 17.7. The molecule has 0 aliphatic rings. The first-order chi connectivity index (χ1) is 8.90. The maximum absolute atomic E-state index is 5.76. The third-order valence-electron chi connectivity index (χ3n) is 2.44. The van der Waals surface area contributed by atoms with Crippen molar-refractivity contribution < 1.29 is 9.47 Å². The van der Waals surface area contributed by atoms with E-state index in [9.17, 15) is 0 Å². The summed E-state index contributed by atoms with van der Waals surface area (Å²) in [6.07, 6.45) is 1.72. The molecule has 0 spiro atoms. The fourth-order valence-corrected chi connectivity index (χ4v) is 1.57. The van der Waals surface area contributed by atoms with E-state index >= 15 is 0 Å². The largest absolute Gasteiger partial charge is 0.486 e. The number of ether oxygens (including phenoxy) is 2. The Morgan fingerprint density at radius 2 is 1.44 bits per heavy atom. The second-order valence-electron chi connectivity index (χ2n) is 3.82. The van der Waals surface area contributed by atoms with E-state index in [0.717, 1.165) is 17.1 Å². The highest BCUT2D eigenvalue weighted by Crippen LogP contribution is 2.27. The Morgan fingerprint density at radius 1 is 0.833 bits per heavy atom. The second-order valence-corrected chi connectivity index (χ2v) is 3.82. The molecule has 0 atom stereocenters. The van der Waals surface area contributed by atoms with Gasteiger partial charge in [-0.3, -0.25) is 0 Å². The van der Waals surface area contributed by atoms with E-state index in [2.05, 4.69) is 6.58 Å². The van der Waals surface area contributed by atoms with Crippen molar-refractivity contribution in [3.8, 4) is 11.5 Å². The molecule has 2 rings (SSSR count). The zero-order valence-corrected chi connectivity index (χ0v) is 10.2. The van der Waals surface area contributed by atoms with Crippen molar-refractivity contribution >= 4 is 0 Å². The SMILES string of the molecule is C=CCOc1ccccc1OCc1ccccc1. The van der Waals surface area contributed by atoms with E-state index in [1.165, 1.54) is 0 Å². The fraction of sp³-hybridized carbons (Fsp3) is 0.125. The molecule has 18 heavy (non-hydrogen) atoms. The molecule has 0 saturated heterocycles. The Labute approximate surface area is 107 Å². The zero-order valence-electron chi connectivity index (χ0n) is 10.2. The topological polar surface area (TPSA) is 18.5 Å². The molecule has 0 saturated carbocycles. The van der Waals surface area contributed by atoms with E-state index in [0.29, 0.717) is 13.2 Å². The Bertz CT molecular complexity index is 491. The molecule has 0 radical (unpaired) electrons. The van der Waals surface area contributed by atoms with Gasteiger partial charge in [0.15, 0.2) is 11.5 Å². The van der Waals surface area contributed by atoms with Gasteiger partial charge in [0.2, 0.25) is 0 Å². The first kappa shape index (κ1) is 12.2. The van der Waals surface area contributed by atoms with Gasteiger partial charge in [-0.25, -0.2) is 0 Å². The standard InChI is InChI=1S/C16H16O2/c1-2-12-17-15-10-6-7-11-16(15)18-13-14-8-4-3-5-9-14/h2-11H,1,12-13H2. The van der Waals surface area contributed by atoms with Crippen molar-refractivity contribution in [3.05, 3.63) is 72.8 Å². The van der Waals surface area contributed by atoms with E-state index in [4.69, 9.17) is 9.47 Å². The van der Waals surface area contributed by atoms with E-state index in [1.54, 1.807) is 6.08 Å². The number of hydrogen-bond acceptors (Lipinski definition) is 2. The van der Waals surface area contributed by atoms with Gasteiger partial charge in [-0.1, -0.05) is 55.1 Å². The molecule has 0 heterocycles. The summed E-state index contributed by atoms with van der Waals surface area (Å²) in [6.45, 7) is 4.65. The van der Waals surface area contributed by atoms with Crippen LogP contribution in [0.3, 0.4) is 0 Å². The van der Waals surface area contributed by atoms with Crippen molar-refractivity contribution in [1.29, 1.82) is 0 Å².